The van der Waals surface area contributed by atoms with E-state index >= 15 is 0 Å². The average molecular weight is 221 g/mol. The molecule has 0 aromatic carbocycles. The van der Waals surface area contributed by atoms with E-state index in [2.05, 4.69) is 5.32 Å². The number of carbonyl (C=O) groups is 1. The van der Waals surface area contributed by atoms with Gasteiger partial charge in [0.25, 0.3) is 0 Å². The average Bonchev–Trinajstić information content (AvgIpc) is 2.44. The fourth-order valence-corrected chi connectivity index (χ4v) is 1.51. The van der Waals surface area contributed by atoms with E-state index in [9.17, 15) is 20.1 Å². The van der Waals surface area contributed by atoms with Crippen LogP contribution >= 0.6 is 0 Å². The van der Waals surface area contributed by atoms with Crippen LogP contribution in [0.15, 0.2) is 0 Å². The van der Waals surface area contributed by atoms with Crippen LogP contribution in [0.4, 0.5) is 0 Å². The van der Waals surface area contributed by atoms with Crippen LogP contribution in [0.25, 0.3) is 0 Å². The maximum absolute atomic E-state index is 10.7. The first-order valence-electron chi connectivity index (χ1n) is 4.55. The van der Waals surface area contributed by atoms with Crippen molar-refractivity contribution in [2.24, 2.45) is 0 Å². The summed E-state index contributed by atoms with van der Waals surface area (Å²) in [7, 11) is 0. The number of amides is 1. The SMILES string of the molecule is CC(=O)N[C@H]1[C@@H](O)[C@@H]([C@H](O)CO)O[C@@H]1O. The van der Waals surface area contributed by atoms with Gasteiger partial charge in [0.2, 0.25) is 5.91 Å². The van der Waals surface area contributed by atoms with Crippen LogP contribution < -0.4 is 5.32 Å². The molecule has 1 aliphatic rings. The predicted molar refractivity (Wildman–Crippen MR) is 47.6 cm³/mol. The van der Waals surface area contributed by atoms with Crippen LogP contribution in [0, 0.1) is 0 Å². The maximum atomic E-state index is 10.7. The fourth-order valence-electron chi connectivity index (χ4n) is 1.51. The van der Waals surface area contributed by atoms with Gasteiger partial charge in [-0.3, -0.25) is 4.79 Å². The highest BCUT2D eigenvalue weighted by atomic mass is 16.6. The molecule has 1 heterocycles. The van der Waals surface area contributed by atoms with Crippen molar-refractivity contribution in [3.8, 4) is 0 Å². The van der Waals surface area contributed by atoms with Crippen molar-refractivity contribution in [3.63, 3.8) is 0 Å². The lowest BCUT2D eigenvalue weighted by atomic mass is 10.0. The van der Waals surface area contributed by atoms with Crippen molar-refractivity contribution in [2.45, 2.75) is 37.6 Å². The second-order valence-electron chi connectivity index (χ2n) is 3.46. The van der Waals surface area contributed by atoms with E-state index in [0.717, 1.165) is 0 Å². The van der Waals surface area contributed by atoms with E-state index in [1.54, 1.807) is 0 Å². The quantitative estimate of drug-likeness (QED) is 0.345. The molecule has 88 valence electrons. The molecule has 0 spiro atoms. The third-order valence-electron chi connectivity index (χ3n) is 2.24. The minimum atomic E-state index is -1.39. The Kier molecular flexibility index (Phi) is 4.00. The predicted octanol–water partition coefficient (Wildman–Crippen LogP) is -3.08. The zero-order valence-corrected chi connectivity index (χ0v) is 8.20. The first-order valence-corrected chi connectivity index (χ1v) is 4.55. The maximum Gasteiger partial charge on any atom is 0.217 e. The highest BCUT2D eigenvalue weighted by Gasteiger charge is 2.46. The Hall–Kier alpha value is -0.730. The molecule has 1 saturated heterocycles. The standard InChI is InChI=1S/C8H15NO6/c1-3(11)9-5-6(13)7(4(12)2-10)15-8(5)14/h4-8,10,12-14H,2H2,1H3,(H,9,11)/t4-,5+,6-,7-,8+/m1/s1. The number of hydrogen-bond acceptors (Lipinski definition) is 6. The van der Waals surface area contributed by atoms with Crippen LogP contribution in [0.2, 0.25) is 0 Å². The molecule has 0 radical (unpaired) electrons. The summed E-state index contributed by atoms with van der Waals surface area (Å²) in [4.78, 5) is 10.7. The molecule has 7 nitrogen and oxygen atoms in total. The highest BCUT2D eigenvalue weighted by molar-refractivity contribution is 5.73. The van der Waals surface area contributed by atoms with Gasteiger partial charge in [-0.15, -0.1) is 0 Å². The molecule has 7 heteroatoms. The van der Waals surface area contributed by atoms with Gasteiger partial charge in [-0.2, -0.15) is 0 Å². The summed E-state index contributed by atoms with van der Waals surface area (Å²) in [6, 6.07) is -0.992. The number of carbonyl (C=O) groups excluding carboxylic acids is 1. The smallest absolute Gasteiger partial charge is 0.217 e. The van der Waals surface area contributed by atoms with Crippen LogP contribution in [0.5, 0.6) is 0 Å². The first-order chi connectivity index (χ1) is 6.97. The molecule has 5 N–H and O–H groups in total. The molecular formula is C8H15NO6. The molecule has 5 atom stereocenters. The Labute approximate surface area is 86.3 Å². The van der Waals surface area contributed by atoms with Gasteiger partial charge in [-0.25, -0.2) is 0 Å². The van der Waals surface area contributed by atoms with Crippen molar-refractivity contribution in [2.75, 3.05) is 6.61 Å². The summed E-state index contributed by atoms with van der Waals surface area (Å²) in [6.45, 7) is 0.635. The van der Waals surface area contributed by atoms with Crippen molar-refractivity contribution < 1.29 is 30.0 Å². The molecule has 1 aliphatic heterocycles. The Bertz CT molecular complexity index is 235. The molecule has 0 saturated carbocycles. The molecule has 0 aliphatic carbocycles. The minimum Gasteiger partial charge on any atom is -0.394 e. The second-order valence-corrected chi connectivity index (χ2v) is 3.46. The Morgan fingerprint density at radius 1 is 1.53 bits per heavy atom. The topological polar surface area (TPSA) is 119 Å². The van der Waals surface area contributed by atoms with Crippen molar-refractivity contribution >= 4 is 5.91 Å². The highest BCUT2D eigenvalue weighted by Crippen LogP contribution is 2.22. The molecular weight excluding hydrogens is 206 g/mol. The van der Waals surface area contributed by atoms with Gasteiger partial charge in [-0.05, 0) is 0 Å². The normalized spacial score (nSPS) is 37.7. The number of rotatable bonds is 3. The Morgan fingerprint density at radius 2 is 2.13 bits per heavy atom. The summed E-state index contributed by atoms with van der Waals surface area (Å²) in [5.74, 6) is -0.430. The lowest BCUT2D eigenvalue weighted by Crippen LogP contribution is -2.48. The number of hydrogen-bond donors (Lipinski definition) is 5. The molecule has 0 unspecified atom stereocenters. The molecule has 15 heavy (non-hydrogen) atoms. The van der Waals surface area contributed by atoms with Gasteiger partial charge >= 0.3 is 0 Å². The fraction of sp³-hybridized carbons (Fsp3) is 0.875. The van der Waals surface area contributed by atoms with E-state index < -0.39 is 43.2 Å². The molecule has 1 amide bonds. The Balaban J connectivity index is 2.65. The van der Waals surface area contributed by atoms with Gasteiger partial charge in [0.05, 0.1) is 6.61 Å². The van der Waals surface area contributed by atoms with Gasteiger partial charge in [0.15, 0.2) is 6.29 Å². The molecule has 1 rings (SSSR count). The molecule has 0 bridgehead atoms. The monoisotopic (exact) mass is 221 g/mol. The van der Waals surface area contributed by atoms with Crippen molar-refractivity contribution in [3.05, 3.63) is 0 Å². The van der Waals surface area contributed by atoms with E-state index in [4.69, 9.17) is 9.84 Å². The van der Waals surface area contributed by atoms with Crippen LogP contribution in [0.3, 0.4) is 0 Å². The number of aliphatic hydroxyl groups is 4. The van der Waals surface area contributed by atoms with E-state index in [-0.39, 0.29) is 0 Å². The van der Waals surface area contributed by atoms with E-state index in [1.165, 1.54) is 6.92 Å². The van der Waals surface area contributed by atoms with Crippen molar-refractivity contribution in [1.29, 1.82) is 0 Å². The molecule has 0 aromatic heterocycles. The summed E-state index contributed by atoms with van der Waals surface area (Å²) in [5, 5.41) is 39.1. The zero-order chi connectivity index (χ0) is 11.6. The third kappa shape index (κ3) is 2.64. The lowest BCUT2D eigenvalue weighted by Gasteiger charge is -2.20. The van der Waals surface area contributed by atoms with Gasteiger partial charge in [0.1, 0.15) is 24.4 Å². The van der Waals surface area contributed by atoms with Crippen LogP contribution in [-0.4, -0.2) is 63.6 Å². The van der Waals surface area contributed by atoms with E-state index in [1.807, 2.05) is 0 Å². The third-order valence-corrected chi connectivity index (χ3v) is 2.24. The minimum absolute atomic E-state index is 0.430. The van der Waals surface area contributed by atoms with Gasteiger partial charge in [0, 0.05) is 6.92 Å². The van der Waals surface area contributed by atoms with Crippen LogP contribution in [-0.2, 0) is 9.53 Å². The Morgan fingerprint density at radius 3 is 2.60 bits per heavy atom. The zero-order valence-electron chi connectivity index (χ0n) is 8.20. The molecule has 1 fully saturated rings. The lowest BCUT2D eigenvalue weighted by molar-refractivity contribution is -0.141. The summed E-state index contributed by atoms with van der Waals surface area (Å²) < 4.78 is 4.82. The summed E-state index contributed by atoms with van der Waals surface area (Å²) in [6.07, 6.45) is -5.06. The largest absolute Gasteiger partial charge is 0.394 e. The number of nitrogens with one attached hydrogen (secondary N) is 1. The summed E-state index contributed by atoms with van der Waals surface area (Å²) in [5.41, 5.74) is 0. The first kappa shape index (κ1) is 12.3. The van der Waals surface area contributed by atoms with Gasteiger partial charge in [-0.1, -0.05) is 0 Å². The second kappa shape index (κ2) is 4.86. The molecule has 0 aromatic rings. The number of ether oxygens (including phenoxy) is 1. The van der Waals surface area contributed by atoms with Gasteiger partial charge < -0.3 is 30.5 Å². The summed E-state index contributed by atoms with van der Waals surface area (Å²) >= 11 is 0. The van der Waals surface area contributed by atoms with E-state index in [0.29, 0.717) is 0 Å². The van der Waals surface area contributed by atoms with Crippen molar-refractivity contribution in [1.82, 2.24) is 5.32 Å². The number of aliphatic hydroxyl groups excluding tert-OH is 4. The van der Waals surface area contributed by atoms with Crippen LogP contribution in [0.1, 0.15) is 6.92 Å².